The van der Waals surface area contributed by atoms with Crippen LogP contribution in [0.15, 0.2) is 11.6 Å². The Bertz CT molecular complexity index is 90.7. The first kappa shape index (κ1) is 5.79. The first-order chi connectivity index (χ1) is 3.93. The highest BCUT2D eigenvalue weighted by atomic mass is 16.5. The van der Waals surface area contributed by atoms with E-state index < -0.39 is 0 Å². The molecule has 1 saturated heterocycles. The second-order valence-corrected chi connectivity index (χ2v) is 1.90. The van der Waals surface area contributed by atoms with Crippen LogP contribution >= 0.6 is 0 Å². The first-order valence-corrected chi connectivity index (χ1v) is 2.89. The van der Waals surface area contributed by atoms with Crippen molar-refractivity contribution in [1.29, 1.82) is 0 Å². The van der Waals surface area contributed by atoms with Crippen LogP contribution in [0.25, 0.3) is 0 Å². The van der Waals surface area contributed by atoms with E-state index in [-0.39, 0.29) is 0 Å². The fourth-order valence-electron chi connectivity index (χ4n) is 0.806. The normalized spacial score (nSPS) is 24.9. The van der Waals surface area contributed by atoms with Gasteiger partial charge < -0.3 is 10.5 Å². The van der Waals surface area contributed by atoms with Gasteiger partial charge in [-0.3, -0.25) is 0 Å². The Labute approximate surface area is 49.3 Å². The molecule has 0 aromatic heterocycles. The highest BCUT2D eigenvalue weighted by Crippen LogP contribution is 2.08. The third-order valence-electron chi connectivity index (χ3n) is 1.26. The summed E-state index contributed by atoms with van der Waals surface area (Å²) < 4.78 is 5.09. The predicted molar refractivity (Wildman–Crippen MR) is 32.6 cm³/mol. The van der Waals surface area contributed by atoms with Gasteiger partial charge >= 0.3 is 0 Å². The zero-order chi connectivity index (χ0) is 5.82. The molecule has 46 valence electrons. The first-order valence-electron chi connectivity index (χ1n) is 2.89. The minimum absolute atomic E-state index is 0.651. The van der Waals surface area contributed by atoms with Gasteiger partial charge in [-0.05, 0) is 12.0 Å². The maximum atomic E-state index is 5.28. The van der Waals surface area contributed by atoms with Crippen molar-refractivity contribution in [2.75, 3.05) is 19.8 Å². The second kappa shape index (κ2) is 2.84. The van der Waals surface area contributed by atoms with Crippen molar-refractivity contribution < 1.29 is 4.74 Å². The van der Waals surface area contributed by atoms with Gasteiger partial charge in [0.25, 0.3) is 0 Å². The third-order valence-corrected chi connectivity index (χ3v) is 1.26. The molecule has 0 radical (unpaired) electrons. The van der Waals surface area contributed by atoms with Crippen LogP contribution in [0.3, 0.4) is 0 Å². The Morgan fingerprint density at radius 2 is 2.62 bits per heavy atom. The van der Waals surface area contributed by atoms with Crippen LogP contribution in [0.1, 0.15) is 6.42 Å². The summed E-state index contributed by atoms with van der Waals surface area (Å²) in [5.74, 6) is 0. The number of ether oxygens (including phenoxy) is 1. The molecule has 0 spiro atoms. The number of rotatable bonds is 1. The maximum Gasteiger partial charge on any atom is 0.0678 e. The van der Waals surface area contributed by atoms with Crippen LogP contribution in [0, 0.1) is 0 Å². The lowest BCUT2D eigenvalue weighted by atomic mass is 10.2. The molecule has 0 aromatic carbocycles. The molecule has 0 saturated carbocycles. The van der Waals surface area contributed by atoms with Crippen LogP contribution in [-0.4, -0.2) is 19.8 Å². The topological polar surface area (TPSA) is 35.2 Å². The maximum absolute atomic E-state index is 5.28. The average molecular weight is 113 g/mol. The van der Waals surface area contributed by atoms with E-state index in [0.717, 1.165) is 19.6 Å². The minimum atomic E-state index is 0.651. The van der Waals surface area contributed by atoms with E-state index in [1.165, 1.54) is 5.57 Å². The SMILES string of the molecule is NCC=C1CCOC1. The number of hydrogen-bond donors (Lipinski definition) is 1. The molecule has 2 nitrogen and oxygen atoms in total. The Morgan fingerprint density at radius 1 is 1.75 bits per heavy atom. The van der Waals surface area contributed by atoms with E-state index in [0.29, 0.717) is 6.54 Å². The summed E-state index contributed by atoms with van der Waals surface area (Å²) in [6, 6.07) is 0. The van der Waals surface area contributed by atoms with E-state index in [4.69, 9.17) is 10.5 Å². The molecule has 0 bridgehead atoms. The highest BCUT2D eigenvalue weighted by molar-refractivity contribution is 5.05. The molecule has 0 aliphatic carbocycles. The Morgan fingerprint density at radius 3 is 3.12 bits per heavy atom. The molecule has 1 fully saturated rings. The van der Waals surface area contributed by atoms with E-state index in [2.05, 4.69) is 0 Å². The fraction of sp³-hybridized carbons (Fsp3) is 0.667. The largest absolute Gasteiger partial charge is 0.377 e. The average Bonchev–Trinajstić information content (AvgIpc) is 2.19. The van der Waals surface area contributed by atoms with Crippen molar-refractivity contribution in [3.8, 4) is 0 Å². The monoisotopic (exact) mass is 113 g/mol. The molecular weight excluding hydrogens is 102 g/mol. The lowest BCUT2D eigenvalue weighted by Gasteiger charge is -1.87. The molecule has 0 unspecified atom stereocenters. The summed E-state index contributed by atoms with van der Waals surface area (Å²) >= 11 is 0. The molecule has 1 aliphatic rings. The summed E-state index contributed by atoms with van der Waals surface area (Å²) in [5, 5.41) is 0. The van der Waals surface area contributed by atoms with Crippen molar-refractivity contribution in [3.05, 3.63) is 11.6 Å². The third kappa shape index (κ3) is 1.32. The van der Waals surface area contributed by atoms with E-state index in [1.54, 1.807) is 0 Å². The molecule has 2 heteroatoms. The molecule has 0 aromatic rings. The zero-order valence-electron chi connectivity index (χ0n) is 4.89. The van der Waals surface area contributed by atoms with Crippen molar-refractivity contribution in [2.45, 2.75) is 6.42 Å². The van der Waals surface area contributed by atoms with Crippen molar-refractivity contribution in [2.24, 2.45) is 5.73 Å². The zero-order valence-corrected chi connectivity index (χ0v) is 4.89. The predicted octanol–water partition coefficient (Wildman–Crippen LogP) is 0.292. The van der Waals surface area contributed by atoms with Crippen LogP contribution in [0.4, 0.5) is 0 Å². The van der Waals surface area contributed by atoms with Crippen LogP contribution in [-0.2, 0) is 4.74 Å². The van der Waals surface area contributed by atoms with Gasteiger partial charge in [0.15, 0.2) is 0 Å². The Hall–Kier alpha value is -0.340. The van der Waals surface area contributed by atoms with Crippen molar-refractivity contribution in [1.82, 2.24) is 0 Å². The fourth-order valence-corrected chi connectivity index (χ4v) is 0.806. The van der Waals surface area contributed by atoms with Crippen molar-refractivity contribution in [3.63, 3.8) is 0 Å². The standard InChI is InChI=1S/C6H11NO/c7-3-1-6-2-4-8-5-6/h1H,2-5,7H2. The summed E-state index contributed by atoms with van der Waals surface area (Å²) in [5.41, 5.74) is 6.63. The van der Waals surface area contributed by atoms with E-state index >= 15 is 0 Å². The van der Waals surface area contributed by atoms with Gasteiger partial charge in [-0.1, -0.05) is 6.08 Å². The molecule has 0 amide bonds. The van der Waals surface area contributed by atoms with Gasteiger partial charge in [0, 0.05) is 6.54 Å². The van der Waals surface area contributed by atoms with Gasteiger partial charge in [0.05, 0.1) is 13.2 Å². The van der Waals surface area contributed by atoms with Gasteiger partial charge in [0.1, 0.15) is 0 Å². The molecule has 1 heterocycles. The van der Waals surface area contributed by atoms with E-state index in [9.17, 15) is 0 Å². The lowest BCUT2D eigenvalue weighted by molar-refractivity contribution is 0.204. The highest BCUT2D eigenvalue weighted by Gasteiger charge is 2.03. The Kier molecular flexibility index (Phi) is 2.06. The van der Waals surface area contributed by atoms with Gasteiger partial charge in [-0.2, -0.15) is 0 Å². The molecular formula is C6H11NO. The summed E-state index contributed by atoms with van der Waals surface area (Å²) in [7, 11) is 0. The van der Waals surface area contributed by atoms with E-state index in [1.807, 2.05) is 6.08 Å². The molecule has 1 aliphatic heterocycles. The number of hydrogen-bond acceptors (Lipinski definition) is 2. The number of nitrogens with two attached hydrogens (primary N) is 1. The smallest absolute Gasteiger partial charge is 0.0678 e. The molecule has 8 heavy (non-hydrogen) atoms. The second-order valence-electron chi connectivity index (χ2n) is 1.90. The molecule has 0 atom stereocenters. The summed E-state index contributed by atoms with van der Waals surface area (Å²) in [4.78, 5) is 0. The minimum Gasteiger partial charge on any atom is -0.377 e. The van der Waals surface area contributed by atoms with Gasteiger partial charge in [-0.25, -0.2) is 0 Å². The van der Waals surface area contributed by atoms with Crippen LogP contribution in [0.5, 0.6) is 0 Å². The van der Waals surface area contributed by atoms with Crippen molar-refractivity contribution >= 4 is 0 Å². The summed E-state index contributed by atoms with van der Waals surface area (Å²) in [6.45, 7) is 2.34. The lowest BCUT2D eigenvalue weighted by Crippen LogP contribution is -1.95. The van der Waals surface area contributed by atoms with Gasteiger partial charge in [-0.15, -0.1) is 0 Å². The summed E-state index contributed by atoms with van der Waals surface area (Å²) in [6.07, 6.45) is 3.12. The molecule has 1 rings (SSSR count). The molecule has 2 N–H and O–H groups in total. The Balaban J connectivity index is 2.33. The van der Waals surface area contributed by atoms with Crippen LogP contribution < -0.4 is 5.73 Å². The van der Waals surface area contributed by atoms with Crippen LogP contribution in [0.2, 0.25) is 0 Å². The quantitative estimate of drug-likeness (QED) is 0.496. The van der Waals surface area contributed by atoms with Gasteiger partial charge in [0.2, 0.25) is 0 Å².